The monoisotopic (exact) mass is 524 g/mol. The molecule has 0 radical (unpaired) electrons. The Morgan fingerprint density at radius 3 is 2.03 bits per heavy atom. The molecule has 1 saturated heterocycles. The molecule has 37 heavy (non-hydrogen) atoms. The van der Waals surface area contributed by atoms with Gasteiger partial charge in [0.1, 0.15) is 11.8 Å². The number of nitrogens with zero attached hydrogens (tertiary/aromatic N) is 2. The molecule has 4 rings (SSSR count). The van der Waals surface area contributed by atoms with E-state index in [2.05, 4.69) is 10.6 Å². The summed E-state index contributed by atoms with van der Waals surface area (Å²) in [5, 5.41) is 5.16. The summed E-state index contributed by atoms with van der Waals surface area (Å²) in [6.45, 7) is 2.41. The predicted octanol–water partition coefficient (Wildman–Crippen LogP) is 2.72. The van der Waals surface area contributed by atoms with Crippen molar-refractivity contribution in [3.8, 4) is 0 Å². The van der Waals surface area contributed by atoms with Crippen molar-refractivity contribution >= 4 is 50.7 Å². The van der Waals surface area contributed by atoms with E-state index in [4.69, 9.17) is 4.42 Å². The molecule has 1 fully saturated rings. The zero-order valence-electron chi connectivity index (χ0n) is 20.0. The molecule has 1 aromatic heterocycles. The van der Waals surface area contributed by atoms with Crippen LogP contribution in [0, 0.1) is 0 Å². The minimum absolute atomic E-state index is 0.119. The zero-order valence-corrected chi connectivity index (χ0v) is 20.8. The van der Waals surface area contributed by atoms with Crippen LogP contribution in [0.5, 0.6) is 0 Å². The Balaban J connectivity index is 1.66. The van der Waals surface area contributed by atoms with Crippen molar-refractivity contribution in [1.29, 1.82) is 0 Å². The molecular weight excluding hydrogens is 500 g/mol. The Morgan fingerprint density at radius 1 is 0.946 bits per heavy atom. The van der Waals surface area contributed by atoms with Gasteiger partial charge in [-0.25, -0.2) is 13.3 Å². The third-order valence-corrected chi connectivity index (χ3v) is 7.46. The summed E-state index contributed by atoms with van der Waals surface area (Å²) in [5.74, 6) is -1.57. The molecule has 4 amide bonds. The highest BCUT2D eigenvalue weighted by molar-refractivity contribution is 7.89. The summed E-state index contributed by atoms with van der Waals surface area (Å²) in [7, 11) is -4.27. The number of amides is 4. The maximum atomic E-state index is 13.7. The molecule has 11 nitrogen and oxygen atoms in total. The minimum Gasteiger partial charge on any atom is -0.468 e. The number of anilines is 3. The van der Waals surface area contributed by atoms with Gasteiger partial charge in [0.15, 0.2) is 0 Å². The number of nitrogens with one attached hydrogen (secondary N) is 2. The van der Waals surface area contributed by atoms with Gasteiger partial charge in [-0.2, -0.15) is 4.31 Å². The van der Waals surface area contributed by atoms with E-state index >= 15 is 0 Å². The van der Waals surface area contributed by atoms with Crippen molar-refractivity contribution in [2.75, 3.05) is 15.5 Å². The van der Waals surface area contributed by atoms with Gasteiger partial charge in [-0.05, 0) is 60.7 Å². The van der Waals surface area contributed by atoms with Crippen LogP contribution in [0.2, 0.25) is 0 Å². The first-order valence-corrected chi connectivity index (χ1v) is 12.7. The van der Waals surface area contributed by atoms with Crippen molar-refractivity contribution in [2.24, 2.45) is 0 Å². The normalized spacial score (nSPS) is 15.8. The van der Waals surface area contributed by atoms with Gasteiger partial charge in [0.05, 0.1) is 29.8 Å². The van der Waals surface area contributed by atoms with Gasteiger partial charge in [-0.15, -0.1) is 0 Å². The van der Waals surface area contributed by atoms with Gasteiger partial charge >= 0.3 is 0 Å². The molecule has 0 aliphatic carbocycles. The molecule has 1 atom stereocenters. The second-order valence-electron chi connectivity index (χ2n) is 8.35. The zero-order chi connectivity index (χ0) is 26.7. The molecule has 2 aromatic carbocycles. The van der Waals surface area contributed by atoms with E-state index in [1.54, 1.807) is 24.3 Å². The van der Waals surface area contributed by atoms with Gasteiger partial charge < -0.3 is 15.1 Å². The molecule has 1 aliphatic heterocycles. The van der Waals surface area contributed by atoms with Crippen LogP contribution in [0.15, 0.2) is 76.2 Å². The molecule has 3 aromatic rings. The quantitative estimate of drug-likeness (QED) is 0.431. The van der Waals surface area contributed by atoms with Gasteiger partial charge in [-0.3, -0.25) is 19.2 Å². The lowest BCUT2D eigenvalue weighted by atomic mass is 10.2. The third-order valence-electron chi connectivity index (χ3n) is 5.59. The first-order chi connectivity index (χ1) is 17.6. The van der Waals surface area contributed by atoms with E-state index in [9.17, 15) is 27.6 Å². The van der Waals surface area contributed by atoms with Gasteiger partial charge in [0.25, 0.3) is 5.91 Å². The molecule has 1 aliphatic rings. The second-order valence-corrected chi connectivity index (χ2v) is 10.2. The Morgan fingerprint density at radius 2 is 1.51 bits per heavy atom. The smallest absolute Gasteiger partial charge is 0.252 e. The molecule has 0 spiro atoms. The topological polar surface area (TPSA) is 146 Å². The van der Waals surface area contributed by atoms with Gasteiger partial charge in [0.2, 0.25) is 27.7 Å². The van der Waals surface area contributed by atoms with Crippen LogP contribution in [0.3, 0.4) is 0 Å². The average Bonchev–Trinajstić information content (AvgIpc) is 3.45. The van der Waals surface area contributed by atoms with E-state index in [-0.39, 0.29) is 41.1 Å². The summed E-state index contributed by atoms with van der Waals surface area (Å²) in [6, 6.07) is 13.4. The van der Waals surface area contributed by atoms with Crippen molar-refractivity contribution in [3.63, 3.8) is 0 Å². The van der Waals surface area contributed by atoms with Crippen LogP contribution in [-0.4, -0.2) is 42.4 Å². The van der Waals surface area contributed by atoms with Crippen molar-refractivity contribution in [1.82, 2.24) is 4.31 Å². The largest absolute Gasteiger partial charge is 0.468 e. The lowest BCUT2D eigenvalue weighted by Crippen LogP contribution is -2.45. The van der Waals surface area contributed by atoms with Crippen molar-refractivity contribution in [2.45, 2.75) is 37.8 Å². The average molecular weight is 525 g/mol. The maximum Gasteiger partial charge on any atom is 0.252 e. The number of rotatable bonds is 8. The number of imide groups is 1. The Bertz CT molecular complexity index is 1430. The highest BCUT2D eigenvalue weighted by Gasteiger charge is 2.47. The molecule has 1 unspecified atom stereocenters. The van der Waals surface area contributed by atoms with E-state index in [1.165, 1.54) is 56.5 Å². The molecule has 12 heteroatoms. The Hall–Kier alpha value is -4.29. The van der Waals surface area contributed by atoms with Crippen LogP contribution in [0.25, 0.3) is 0 Å². The highest BCUT2D eigenvalue weighted by Crippen LogP contribution is 2.31. The number of hydrogen-bond donors (Lipinski definition) is 2. The van der Waals surface area contributed by atoms with E-state index in [0.29, 0.717) is 11.4 Å². The fourth-order valence-corrected chi connectivity index (χ4v) is 5.52. The van der Waals surface area contributed by atoms with Crippen LogP contribution < -0.4 is 15.5 Å². The minimum atomic E-state index is -4.27. The summed E-state index contributed by atoms with van der Waals surface area (Å²) < 4.78 is 33.7. The van der Waals surface area contributed by atoms with Crippen LogP contribution >= 0.6 is 0 Å². The summed E-state index contributed by atoms with van der Waals surface area (Å²) >= 11 is 0. The van der Waals surface area contributed by atoms with Crippen LogP contribution in [0.4, 0.5) is 17.1 Å². The standard InChI is InChI=1S/C25H24N4O7S/c1-16(30)26-18-5-9-20(10-6-18)29-24(32)14-23(25(29)33)28(15-21-4-3-13-36-21)37(34,35)22-11-7-19(8-12-22)27-17(2)31/h3-13,23H,14-15H2,1-2H3,(H,26,30)(H,27,31). The number of hydrogen-bond acceptors (Lipinski definition) is 7. The fraction of sp³-hybridized carbons (Fsp3) is 0.200. The lowest BCUT2D eigenvalue weighted by Gasteiger charge is -2.26. The second kappa shape index (κ2) is 10.4. The summed E-state index contributed by atoms with van der Waals surface area (Å²) in [4.78, 5) is 49.8. The SMILES string of the molecule is CC(=O)Nc1ccc(N2C(=O)CC(N(Cc3ccco3)S(=O)(=O)c3ccc(NC(C)=O)cc3)C2=O)cc1. The maximum absolute atomic E-state index is 13.7. The molecule has 0 saturated carbocycles. The lowest BCUT2D eigenvalue weighted by molar-refractivity contribution is -0.122. The number of carbonyl (C=O) groups is 4. The summed E-state index contributed by atoms with van der Waals surface area (Å²) in [6.07, 6.45) is 1.02. The first kappa shape index (κ1) is 25.8. The van der Waals surface area contributed by atoms with Crippen LogP contribution in [0.1, 0.15) is 26.0 Å². The molecular formula is C25H24N4O7S. The van der Waals surface area contributed by atoms with Gasteiger partial charge in [0, 0.05) is 25.2 Å². The Kier molecular flexibility index (Phi) is 7.23. The fourth-order valence-electron chi connectivity index (χ4n) is 3.98. The first-order valence-electron chi connectivity index (χ1n) is 11.2. The summed E-state index contributed by atoms with van der Waals surface area (Å²) in [5.41, 5.74) is 1.14. The van der Waals surface area contributed by atoms with Crippen molar-refractivity contribution in [3.05, 3.63) is 72.7 Å². The number of benzene rings is 2. The molecule has 0 bridgehead atoms. The van der Waals surface area contributed by atoms with Crippen molar-refractivity contribution < 1.29 is 32.0 Å². The van der Waals surface area contributed by atoms with Crippen LogP contribution in [-0.2, 0) is 35.7 Å². The molecule has 2 heterocycles. The predicted molar refractivity (Wildman–Crippen MR) is 134 cm³/mol. The van der Waals surface area contributed by atoms with E-state index < -0.39 is 27.9 Å². The molecule has 192 valence electrons. The van der Waals surface area contributed by atoms with E-state index in [0.717, 1.165) is 9.21 Å². The molecule has 2 N–H and O–H groups in total. The number of sulfonamides is 1. The number of furan rings is 1. The van der Waals surface area contributed by atoms with E-state index in [1.807, 2.05) is 0 Å². The third kappa shape index (κ3) is 5.60. The van der Waals surface area contributed by atoms with Gasteiger partial charge in [-0.1, -0.05) is 0 Å². The number of carbonyl (C=O) groups excluding carboxylic acids is 4. The Labute approximate surface area is 213 Å². The highest BCUT2D eigenvalue weighted by atomic mass is 32.2.